The van der Waals surface area contributed by atoms with Crippen molar-refractivity contribution in [3.8, 4) is 0 Å². The number of carbonyl (C=O) groups is 2. The molecule has 1 saturated heterocycles. The molecule has 1 aliphatic heterocycles. The van der Waals surface area contributed by atoms with Crippen molar-refractivity contribution in [2.24, 2.45) is 5.41 Å². The Hall–Kier alpha value is -1.43. The summed E-state index contributed by atoms with van der Waals surface area (Å²) < 4.78 is 0.855. The maximum absolute atomic E-state index is 12.7. The third-order valence-corrected chi connectivity index (χ3v) is 4.08. The van der Waals surface area contributed by atoms with Gasteiger partial charge in [-0.25, -0.2) is 0 Å². The monoisotopic (exact) mass is 353 g/mol. The van der Waals surface area contributed by atoms with Crippen molar-refractivity contribution in [1.29, 1.82) is 0 Å². The minimum Gasteiger partial charge on any atom is -0.342 e. The van der Waals surface area contributed by atoms with Crippen LogP contribution in [0.3, 0.4) is 0 Å². The van der Waals surface area contributed by atoms with Gasteiger partial charge in [-0.1, -0.05) is 20.8 Å². The van der Waals surface area contributed by atoms with Gasteiger partial charge in [0.1, 0.15) is 12.1 Å². The van der Waals surface area contributed by atoms with Crippen LogP contribution in [0.1, 0.15) is 33.3 Å². The van der Waals surface area contributed by atoms with Crippen LogP contribution >= 0.6 is 15.9 Å². The van der Waals surface area contributed by atoms with Crippen LogP contribution in [0.5, 0.6) is 0 Å². The number of rotatable bonds is 2. The van der Waals surface area contributed by atoms with Crippen LogP contribution < -0.4 is 5.32 Å². The first-order chi connectivity index (χ1) is 9.70. The first-order valence-corrected chi connectivity index (χ1v) is 7.69. The fraction of sp³-hybridized carbons (Fsp3) is 0.533. The average Bonchev–Trinajstić information content (AvgIpc) is 2.37. The Morgan fingerprint density at radius 3 is 2.57 bits per heavy atom. The Morgan fingerprint density at radius 2 is 2.00 bits per heavy atom. The summed E-state index contributed by atoms with van der Waals surface area (Å²) in [7, 11) is 0. The zero-order valence-corrected chi connectivity index (χ0v) is 14.3. The molecule has 5 nitrogen and oxygen atoms in total. The van der Waals surface area contributed by atoms with E-state index >= 15 is 0 Å². The lowest BCUT2D eigenvalue weighted by molar-refractivity contribution is -0.152. The maximum Gasteiger partial charge on any atom is 0.246 e. The van der Waals surface area contributed by atoms with Gasteiger partial charge in [0.05, 0.1) is 0 Å². The highest BCUT2D eigenvalue weighted by atomic mass is 79.9. The van der Waals surface area contributed by atoms with Crippen molar-refractivity contribution in [3.05, 3.63) is 28.5 Å². The molecule has 0 spiro atoms. The van der Waals surface area contributed by atoms with Gasteiger partial charge in [0, 0.05) is 23.4 Å². The summed E-state index contributed by atoms with van der Waals surface area (Å²) >= 11 is 3.37. The van der Waals surface area contributed by atoms with Gasteiger partial charge in [-0.2, -0.15) is 0 Å². The molecule has 1 aromatic heterocycles. The van der Waals surface area contributed by atoms with Gasteiger partial charge in [0.15, 0.2) is 0 Å². The van der Waals surface area contributed by atoms with E-state index in [1.807, 2.05) is 26.8 Å². The quantitative estimate of drug-likeness (QED) is 0.885. The lowest BCUT2D eigenvalue weighted by Gasteiger charge is -2.42. The second-order valence-electron chi connectivity index (χ2n) is 6.46. The highest BCUT2D eigenvalue weighted by molar-refractivity contribution is 9.10. The molecule has 1 N–H and O–H groups in total. The molecule has 0 bridgehead atoms. The first kappa shape index (κ1) is 15.9. The molecule has 0 saturated carbocycles. The van der Waals surface area contributed by atoms with E-state index in [4.69, 9.17) is 0 Å². The molecule has 0 aromatic carbocycles. The lowest BCUT2D eigenvalue weighted by atomic mass is 9.84. The van der Waals surface area contributed by atoms with Gasteiger partial charge < -0.3 is 10.2 Å². The molecule has 2 amide bonds. The molecule has 2 rings (SSSR count). The highest BCUT2D eigenvalue weighted by Gasteiger charge is 2.43. The normalized spacial score (nSPS) is 23.2. The second kappa shape index (κ2) is 5.75. The Morgan fingerprint density at radius 1 is 1.33 bits per heavy atom. The molecule has 2 atom stereocenters. The molecular weight excluding hydrogens is 334 g/mol. The van der Waals surface area contributed by atoms with Crippen LogP contribution in [0.2, 0.25) is 0 Å². The Labute approximate surface area is 133 Å². The van der Waals surface area contributed by atoms with E-state index in [2.05, 4.69) is 26.2 Å². The van der Waals surface area contributed by atoms with Crippen molar-refractivity contribution in [1.82, 2.24) is 15.2 Å². The minimum atomic E-state index is -0.499. The smallest absolute Gasteiger partial charge is 0.246 e. The lowest BCUT2D eigenvalue weighted by Crippen LogP contribution is -2.65. The molecule has 2 heterocycles. The zero-order valence-electron chi connectivity index (χ0n) is 12.7. The molecular formula is C15H20BrN3O2. The fourth-order valence-corrected chi connectivity index (χ4v) is 2.78. The van der Waals surface area contributed by atoms with E-state index in [0.29, 0.717) is 6.54 Å². The van der Waals surface area contributed by atoms with Gasteiger partial charge >= 0.3 is 0 Å². The van der Waals surface area contributed by atoms with Crippen molar-refractivity contribution in [2.75, 3.05) is 0 Å². The number of pyridine rings is 1. The number of hydrogen-bond donors (Lipinski definition) is 1. The topological polar surface area (TPSA) is 62.3 Å². The molecule has 21 heavy (non-hydrogen) atoms. The molecule has 0 radical (unpaired) electrons. The van der Waals surface area contributed by atoms with Crippen molar-refractivity contribution in [3.63, 3.8) is 0 Å². The van der Waals surface area contributed by atoms with E-state index < -0.39 is 12.1 Å². The van der Waals surface area contributed by atoms with Gasteiger partial charge in [0.2, 0.25) is 11.8 Å². The molecule has 1 aromatic rings. The Balaban J connectivity index is 2.27. The van der Waals surface area contributed by atoms with Crippen molar-refractivity contribution >= 4 is 27.7 Å². The van der Waals surface area contributed by atoms with Crippen LogP contribution in [-0.2, 0) is 16.1 Å². The summed E-state index contributed by atoms with van der Waals surface area (Å²) in [6, 6.07) is 0.933. The number of nitrogens with one attached hydrogen (secondary N) is 1. The number of carbonyl (C=O) groups excluding carboxylic acids is 2. The standard InChI is InChI=1S/C15H20BrN3O2/c1-9-13(20)18-12(15(2,3)4)14(21)19(9)8-10-5-11(16)7-17-6-10/h5-7,9,12H,8H2,1-4H3,(H,18,20). The second-order valence-corrected chi connectivity index (χ2v) is 7.38. The van der Waals surface area contributed by atoms with Crippen LogP contribution in [0, 0.1) is 5.41 Å². The minimum absolute atomic E-state index is 0.0467. The molecule has 1 aliphatic rings. The number of piperazine rings is 1. The van der Waals surface area contributed by atoms with Crippen LogP contribution in [0.25, 0.3) is 0 Å². The number of amides is 2. The molecule has 6 heteroatoms. The van der Waals surface area contributed by atoms with Gasteiger partial charge in [0.25, 0.3) is 0 Å². The Bertz CT molecular complexity index is 568. The number of hydrogen-bond acceptors (Lipinski definition) is 3. The van der Waals surface area contributed by atoms with Crippen LogP contribution in [0.15, 0.2) is 22.9 Å². The van der Waals surface area contributed by atoms with E-state index in [1.54, 1.807) is 24.2 Å². The highest BCUT2D eigenvalue weighted by Crippen LogP contribution is 2.26. The van der Waals surface area contributed by atoms with Crippen LogP contribution in [0.4, 0.5) is 0 Å². The summed E-state index contributed by atoms with van der Waals surface area (Å²) in [5.41, 5.74) is 0.577. The molecule has 114 valence electrons. The molecule has 1 fully saturated rings. The predicted molar refractivity (Wildman–Crippen MR) is 83.3 cm³/mol. The first-order valence-electron chi connectivity index (χ1n) is 6.90. The van der Waals surface area contributed by atoms with Gasteiger partial charge in [-0.3, -0.25) is 14.6 Å². The maximum atomic E-state index is 12.7. The number of aromatic nitrogens is 1. The summed E-state index contributed by atoms with van der Waals surface area (Å²) in [6.45, 7) is 7.98. The zero-order chi connectivity index (χ0) is 15.8. The van der Waals surface area contributed by atoms with Crippen molar-refractivity contribution < 1.29 is 9.59 Å². The van der Waals surface area contributed by atoms with Crippen LogP contribution in [-0.4, -0.2) is 33.8 Å². The van der Waals surface area contributed by atoms with E-state index in [9.17, 15) is 9.59 Å². The summed E-state index contributed by atoms with van der Waals surface area (Å²) in [4.78, 5) is 30.6. The molecule has 0 aliphatic carbocycles. The average molecular weight is 354 g/mol. The van der Waals surface area contributed by atoms with E-state index in [0.717, 1.165) is 10.0 Å². The number of nitrogens with zero attached hydrogens (tertiary/aromatic N) is 2. The summed E-state index contributed by atoms with van der Waals surface area (Å²) in [5, 5.41) is 2.83. The third-order valence-electron chi connectivity index (χ3n) is 3.64. The van der Waals surface area contributed by atoms with Gasteiger partial charge in [-0.15, -0.1) is 0 Å². The summed E-state index contributed by atoms with van der Waals surface area (Å²) in [6.07, 6.45) is 3.40. The van der Waals surface area contributed by atoms with Gasteiger partial charge in [-0.05, 0) is 39.9 Å². The largest absolute Gasteiger partial charge is 0.342 e. The SMILES string of the molecule is CC1C(=O)NC(C(C)(C)C)C(=O)N1Cc1cncc(Br)c1. The Kier molecular flexibility index (Phi) is 4.37. The van der Waals surface area contributed by atoms with E-state index in [1.165, 1.54) is 0 Å². The summed E-state index contributed by atoms with van der Waals surface area (Å²) in [5.74, 6) is -0.160. The number of halogens is 1. The van der Waals surface area contributed by atoms with Crippen molar-refractivity contribution in [2.45, 2.75) is 46.3 Å². The fourth-order valence-electron chi connectivity index (χ4n) is 2.36. The molecule has 2 unspecified atom stereocenters. The van der Waals surface area contributed by atoms with E-state index in [-0.39, 0.29) is 17.2 Å². The third kappa shape index (κ3) is 3.43. The predicted octanol–water partition coefficient (Wildman–Crippen LogP) is 2.11.